The Bertz CT molecular complexity index is 355. The first-order valence-electron chi connectivity index (χ1n) is 6.12. The lowest BCUT2D eigenvalue weighted by Gasteiger charge is -2.21. The summed E-state index contributed by atoms with van der Waals surface area (Å²) >= 11 is 7.03. The first kappa shape index (κ1) is 15.1. The Morgan fingerprint density at radius 1 is 1.35 bits per heavy atom. The van der Waals surface area contributed by atoms with Crippen molar-refractivity contribution in [2.45, 2.75) is 39.7 Å². The molecule has 4 heteroatoms. The van der Waals surface area contributed by atoms with Gasteiger partial charge < -0.3 is 5.32 Å². The standard InChI is InChI=1S/C13H20Br2N2/c1-4-9(3)6-12(16-5-2)13-11(15)7-10(14)8-17-13/h7-9,12,16H,4-6H2,1-3H3. The van der Waals surface area contributed by atoms with Crippen LogP contribution in [0.25, 0.3) is 0 Å². The van der Waals surface area contributed by atoms with Crippen LogP contribution in [-0.2, 0) is 0 Å². The van der Waals surface area contributed by atoms with Crippen LogP contribution in [0.5, 0.6) is 0 Å². The van der Waals surface area contributed by atoms with Crippen molar-refractivity contribution in [3.8, 4) is 0 Å². The lowest BCUT2D eigenvalue weighted by atomic mass is 9.97. The third-order valence-corrected chi connectivity index (χ3v) is 4.02. The van der Waals surface area contributed by atoms with E-state index in [1.807, 2.05) is 6.20 Å². The Morgan fingerprint density at radius 2 is 2.06 bits per heavy atom. The SMILES string of the molecule is CCNC(CC(C)CC)c1ncc(Br)cc1Br. The number of nitrogens with zero attached hydrogens (tertiary/aromatic N) is 1. The predicted molar refractivity (Wildman–Crippen MR) is 80.1 cm³/mol. The van der Waals surface area contributed by atoms with Gasteiger partial charge in [0.25, 0.3) is 0 Å². The predicted octanol–water partition coefficient (Wildman–Crippen LogP) is 4.69. The van der Waals surface area contributed by atoms with Crippen molar-refractivity contribution < 1.29 is 0 Å². The Hall–Kier alpha value is 0.0700. The van der Waals surface area contributed by atoms with E-state index in [0.29, 0.717) is 12.0 Å². The highest BCUT2D eigenvalue weighted by Gasteiger charge is 2.17. The van der Waals surface area contributed by atoms with Crippen molar-refractivity contribution >= 4 is 31.9 Å². The van der Waals surface area contributed by atoms with Gasteiger partial charge in [-0.15, -0.1) is 0 Å². The molecule has 0 spiro atoms. The zero-order chi connectivity index (χ0) is 12.8. The van der Waals surface area contributed by atoms with Crippen LogP contribution in [-0.4, -0.2) is 11.5 Å². The topological polar surface area (TPSA) is 24.9 Å². The molecular weight excluding hydrogens is 344 g/mol. The average Bonchev–Trinajstić information content (AvgIpc) is 2.28. The zero-order valence-electron chi connectivity index (χ0n) is 10.6. The molecule has 2 nitrogen and oxygen atoms in total. The molecule has 0 aliphatic carbocycles. The number of halogens is 2. The van der Waals surface area contributed by atoms with E-state index >= 15 is 0 Å². The maximum Gasteiger partial charge on any atom is 0.0715 e. The molecule has 0 aliphatic heterocycles. The fourth-order valence-electron chi connectivity index (χ4n) is 1.79. The molecule has 1 heterocycles. The molecule has 0 radical (unpaired) electrons. The lowest BCUT2D eigenvalue weighted by Crippen LogP contribution is -2.24. The van der Waals surface area contributed by atoms with Crippen molar-refractivity contribution in [1.82, 2.24) is 10.3 Å². The van der Waals surface area contributed by atoms with Gasteiger partial charge in [0, 0.05) is 15.1 Å². The summed E-state index contributed by atoms with van der Waals surface area (Å²) in [6.45, 7) is 7.62. The number of nitrogens with one attached hydrogen (secondary N) is 1. The summed E-state index contributed by atoms with van der Waals surface area (Å²) in [5.41, 5.74) is 1.11. The van der Waals surface area contributed by atoms with Crippen LogP contribution in [0.3, 0.4) is 0 Å². The minimum atomic E-state index is 0.331. The number of hydrogen-bond acceptors (Lipinski definition) is 2. The van der Waals surface area contributed by atoms with Crippen LogP contribution >= 0.6 is 31.9 Å². The lowest BCUT2D eigenvalue weighted by molar-refractivity contribution is 0.401. The molecule has 2 atom stereocenters. The minimum absolute atomic E-state index is 0.331. The third-order valence-electron chi connectivity index (χ3n) is 2.95. The Labute approximate surface area is 121 Å². The molecule has 0 bridgehead atoms. The fourth-order valence-corrected chi connectivity index (χ4v) is 3.05. The van der Waals surface area contributed by atoms with E-state index in [9.17, 15) is 0 Å². The van der Waals surface area contributed by atoms with Crippen LogP contribution in [0, 0.1) is 5.92 Å². The second-order valence-corrected chi connectivity index (χ2v) is 6.15. The number of pyridine rings is 1. The summed E-state index contributed by atoms with van der Waals surface area (Å²) in [7, 11) is 0. The van der Waals surface area contributed by atoms with E-state index in [1.54, 1.807) is 0 Å². The van der Waals surface area contributed by atoms with Gasteiger partial charge in [-0.3, -0.25) is 4.98 Å². The molecule has 17 heavy (non-hydrogen) atoms. The van der Waals surface area contributed by atoms with Crippen LogP contribution in [0.1, 0.15) is 45.3 Å². The fraction of sp³-hybridized carbons (Fsp3) is 0.615. The normalized spacial score (nSPS) is 14.6. The molecule has 0 aliphatic rings. The molecule has 2 unspecified atom stereocenters. The Morgan fingerprint density at radius 3 is 2.59 bits per heavy atom. The number of rotatable bonds is 6. The maximum atomic E-state index is 4.53. The van der Waals surface area contributed by atoms with E-state index in [4.69, 9.17) is 0 Å². The highest BCUT2D eigenvalue weighted by Crippen LogP contribution is 2.29. The van der Waals surface area contributed by atoms with Gasteiger partial charge in [-0.2, -0.15) is 0 Å². The summed E-state index contributed by atoms with van der Waals surface area (Å²) in [6.07, 6.45) is 4.19. The monoisotopic (exact) mass is 362 g/mol. The van der Waals surface area contributed by atoms with Crippen molar-refractivity contribution in [2.24, 2.45) is 5.92 Å². The summed E-state index contributed by atoms with van der Waals surface area (Å²) in [4.78, 5) is 4.53. The van der Waals surface area contributed by atoms with Gasteiger partial charge in [-0.1, -0.05) is 27.2 Å². The molecule has 0 saturated heterocycles. The summed E-state index contributed by atoms with van der Waals surface area (Å²) in [6, 6.07) is 2.39. The molecule has 1 aromatic heterocycles. The van der Waals surface area contributed by atoms with Gasteiger partial charge in [-0.25, -0.2) is 0 Å². The molecule has 96 valence electrons. The van der Waals surface area contributed by atoms with Gasteiger partial charge in [0.05, 0.1) is 11.7 Å². The summed E-state index contributed by atoms with van der Waals surface area (Å²) in [5.74, 6) is 0.705. The second kappa shape index (κ2) is 7.49. The molecule has 0 saturated carbocycles. The average molecular weight is 364 g/mol. The summed E-state index contributed by atoms with van der Waals surface area (Å²) in [5, 5.41) is 3.52. The van der Waals surface area contributed by atoms with Crippen LogP contribution < -0.4 is 5.32 Å². The van der Waals surface area contributed by atoms with E-state index in [0.717, 1.165) is 27.6 Å². The zero-order valence-corrected chi connectivity index (χ0v) is 13.8. The molecule has 0 fully saturated rings. The minimum Gasteiger partial charge on any atom is -0.309 e. The van der Waals surface area contributed by atoms with Gasteiger partial charge in [0.2, 0.25) is 0 Å². The molecule has 1 aromatic rings. The van der Waals surface area contributed by atoms with Gasteiger partial charge in [-0.05, 0) is 56.8 Å². The van der Waals surface area contributed by atoms with Crippen molar-refractivity contribution in [2.75, 3.05) is 6.54 Å². The van der Waals surface area contributed by atoms with E-state index in [-0.39, 0.29) is 0 Å². The highest BCUT2D eigenvalue weighted by atomic mass is 79.9. The van der Waals surface area contributed by atoms with Crippen molar-refractivity contribution in [1.29, 1.82) is 0 Å². The van der Waals surface area contributed by atoms with Crippen LogP contribution in [0.2, 0.25) is 0 Å². The molecule has 0 aromatic carbocycles. The molecule has 1 rings (SSSR count). The summed E-state index contributed by atoms with van der Waals surface area (Å²) < 4.78 is 2.08. The Balaban J connectivity index is 2.88. The quantitative estimate of drug-likeness (QED) is 0.792. The van der Waals surface area contributed by atoms with Gasteiger partial charge in [0.15, 0.2) is 0 Å². The van der Waals surface area contributed by atoms with E-state index in [2.05, 4.69) is 69.0 Å². The van der Waals surface area contributed by atoms with Crippen LogP contribution in [0.15, 0.2) is 21.2 Å². The molecule has 0 amide bonds. The second-order valence-electron chi connectivity index (χ2n) is 4.38. The largest absolute Gasteiger partial charge is 0.309 e. The molecular formula is C13H20Br2N2. The first-order chi connectivity index (χ1) is 8.08. The van der Waals surface area contributed by atoms with Crippen LogP contribution in [0.4, 0.5) is 0 Å². The van der Waals surface area contributed by atoms with E-state index in [1.165, 1.54) is 6.42 Å². The smallest absolute Gasteiger partial charge is 0.0715 e. The Kier molecular flexibility index (Phi) is 6.67. The molecule has 1 N–H and O–H groups in total. The van der Waals surface area contributed by atoms with Gasteiger partial charge in [0.1, 0.15) is 0 Å². The van der Waals surface area contributed by atoms with Gasteiger partial charge >= 0.3 is 0 Å². The maximum absolute atomic E-state index is 4.53. The van der Waals surface area contributed by atoms with E-state index < -0.39 is 0 Å². The number of hydrogen-bond donors (Lipinski definition) is 1. The highest BCUT2D eigenvalue weighted by molar-refractivity contribution is 9.11. The third kappa shape index (κ3) is 4.68. The van der Waals surface area contributed by atoms with Crippen molar-refractivity contribution in [3.63, 3.8) is 0 Å². The number of aromatic nitrogens is 1. The van der Waals surface area contributed by atoms with Crippen molar-refractivity contribution in [3.05, 3.63) is 26.9 Å². The first-order valence-corrected chi connectivity index (χ1v) is 7.71.